The molecule has 0 spiro atoms. The van der Waals surface area contributed by atoms with E-state index in [1.165, 1.54) is 0 Å². The maximum absolute atomic E-state index is 13.8. The van der Waals surface area contributed by atoms with Crippen molar-refractivity contribution in [3.63, 3.8) is 0 Å². The first-order valence-electron chi connectivity index (χ1n) is 12.2. The van der Waals surface area contributed by atoms with Crippen LogP contribution < -0.4 is 10.2 Å². The highest BCUT2D eigenvalue weighted by atomic mass is 35.5. The van der Waals surface area contributed by atoms with Gasteiger partial charge in [0.2, 0.25) is 0 Å². The number of nitrogens with zero attached hydrogens (tertiary/aromatic N) is 1. The fraction of sp³-hybridized carbons (Fsp3) is 0.310. The fourth-order valence-electron chi connectivity index (χ4n) is 4.50. The van der Waals surface area contributed by atoms with Crippen LogP contribution in [0.5, 0.6) is 0 Å². The van der Waals surface area contributed by atoms with Gasteiger partial charge in [0, 0.05) is 46.4 Å². The fourth-order valence-corrected chi connectivity index (χ4v) is 4.81. The molecule has 7 heteroatoms. The quantitative estimate of drug-likeness (QED) is 0.253. The molecule has 0 saturated heterocycles. The van der Waals surface area contributed by atoms with E-state index in [1.54, 1.807) is 17.0 Å². The Balaban J connectivity index is 1.59. The minimum Gasteiger partial charge on any atom is -0.457 e. The Kier molecular flexibility index (Phi) is 8.55. The molecule has 1 heterocycles. The van der Waals surface area contributed by atoms with E-state index < -0.39 is 6.10 Å². The van der Waals surface area contributed by atoms with Crippen molar-refractivity contribution in [2.45, 2.75) is 45.6 Å². The zero-order valence-electron chi connectivity index (χ0n) is 20.5. The number of nitrogens with one attached hydrogen (secondary N) is 1. The molecule has 1 amide bonds. The molecule has 1 N–H and O–H groups in total. The molecule has 36 heavy (non-hydrogen) atoms. The van der Waals surface area contributed by atoms with Crippen molar-refractivity contribution in [2.24, 2.45) is 0 Å². The number of aryl methyl sites for hydroxylation is 2. The first-order valence-corrected chi connectivity index (χ1v) is 13.1. The molecule has 5 nitrogen and oxygen atoms in total. The van der Waals surface area contributed by atoms with Gasteiger partial charge in [-0.2, -0.15) is 0 Å². The highest BCUT2D eigenvalue weighted by Gasteiger charge is 2.30. The second-order valence-electron chi connectivity index (χ2n) is 9.04. The van der Waals surface area contributed by atoms with E-state index >= 15 is 0 Å². The van der Waals surface area contributed by atoms with Crippen molar-refractivity contribution in [3.8, 4) is 0 Å². The second kappa shape index (κ2) is 11.8. The maximum atomic E-state index is 13.8. The number of anilines is 3. The van der Waals surface area contributed by atoms with E-state index in [9.17, 15) is 9.59 Å². The number of esters is 1. The SMILES string of the molecule is Cc1ccccc1Nc1ccc(C(=O)N2CCCC(OC(=O)CCCCl)c3cc(Cl)ccc32)c(C)c1. The molecule has 0 saturated carbocycles. The van der Waals surface area contributed by atoms with Crippen LogP contribution in [0.15, 0.2) is 60.7 Å². The summed E-state index contributed by atoms with van der Waals surface area (Å²) < 4.78 is 5.79. The van der Waals surface area contributed by atoms with Gasteiger partial charge < -0.3 is 15.0 Å². The Bertz CT molecular complexity index is 1260. The lowest BCUT2D eigenvalue weighted by molar-refractivity contribution is -0.149. The first-order chi connectivity index (χ1) is 17.4. The molecule has 0 bridgehead atoms. The number of carbonyl (C=O) groups excluding carboxylic acids is 2. The molecule has 1 atom stereocenters. The van der Waals surface area contributed by atoms with Gasteiger partial charge in [-0.15, -0.1) is 11.6 Å². The average Bonchev–Trinajstić information content (AvgIpc) is 3.03. The van der Waals surface area contributed by atoms with E-state index in [1.807, 2.05) is 49.4 Å². The van der Waals surface area contributed by atoms with Gasteiger partial charge in [0.05, 0.1) is 5.69 Å². The zero-order valence-corrected chi connectivity index (χ0v) is 22.0. The number of alkyl halides is 1. The molecule has 0 fully saturated rings. The van der Waals surface area contributed by atoms with Crippen LogP contribution in [0, 0.1) is 13.8 Å². The van der Waals surface area contributed by atoms with Crippen LogP contribution in [0.25, 0.3) is 0 Å². The number of ether oxygens (including phenoxy) is 1. The Morgan fingerprint density at radius 3 is 2.61 bits per heavy atom. The van der Waals surface area contributed by atoms with E-state index in [0.29, 0.717) is 42.3 Å². The van der Waals surface area contributed by atoms with Gasteiger partial charge in [-0.3, -0.25) is 9.59 Å². The molecule has 1 aliphatic rings. The molecule has 0 aromatic heterocycles. The molecule has 1 aliphatic heterocycles. The number of rotatable bonds is 7. The lowest BCUT2D eigenvalue weighted by atomic mass is 10.0. The van der Waals surface area contributed by atoms with Crippen molar-refractivity contribution in [1.29, 1.82) is 0 Å². The van der Waals surface area contributed by atoms with Crippen LogP contribution in [0.4, 0.5) is 17.1 Å². The van der Waals surface area contributed by atoms with Crippen LogP contribution in [-0.2, 0) is 9.53 Å². The van der Waals surface area contributed by atoms with Gasteiger partial charge in [-0.25, -0.2) is 0 Å². The summed E-state index contributed by atoms with van der Waals surface area (Å²) >= 11 is 12.0. The van der Waals surface area contributed by atoms with Gasteiger partial charge in [-0.05, 0) is 86.7 Å². The summed E-state index contributed by atoms with van der Waals surface area (Å²) in [5, 5.41) is 3.97. The first kappa shape index (κ1) is 26.1. The summed E-state index contributed by atoms with van der Waals surface area (Å²) in [6.45, 7) is 4.52. The Hall–Kier alpha value is -3.02. The topological polar surface area (TPSA) is 58.6 Å². The molecular weight excluding hydrogens is 495 g/mol. The summed E-state index contributed by atoms with van der Waals surface area (Å²) in [5.74, 6) is 0.0230. The minimum absolute atomic E-state index is 0.0902. The number of para-hydroxylation sites is 1. The largest absolute Gasteiger partial charge is 0.457 e. The molecule has 0 radical (unpaired) electrons. The molecule has 3 aromatic rings. The Morgan fingerprint density at radius 2 is 1.86 bits per heavy atom. The number of hydrogen-bond acceptors (Lipinski definition) is 4. The Labute approximate surface area is 222 Å². The lowest BCUT2D eigenvalue weighted by Crippen LogP contribution is -2.32. The number of halogens is 2. The second-order valence-corrected chi connectivity index (χ2v) is 9.86. The van der Waals surface area contributed by atoms with Crippen molar-refractivity contribution < 1.29 is 14.3 Å². The van der Waals surface area contributed by atoms with Crippen LogP contribution in [0.1, 0.15) is 58.8 Å². The van der Waals surface area contributed by atoms with E-state index in [2.05, 4.69) is 18.3 Å². The van der Waals surface area contributed by atoms with Gasteiger partial charge >= 0.3 is 5.97 Å². The zero-order chi connectivity index (χ0) is 25.7. The predicted molar refractivity (Wildman–Crippen MR) is 147 cm³/mol. The molecular formula is C29H30Cl2N2O3. The van der Waals surface area contributed by atoms with Gasteiger partial charge in [0.15, 0.2) is 0 Å². The molecule has 4 rings (SSSR count). The number of amides is 1. The van der Waals surface area contributed by atoms with Crippen molar-refractivity contribution in [2.75, 3.05) is 22.6 Å². The number of fused-ring (bicyclic) bond motifs is 1. The number of hydrogen-bond donors (Lipinski definition) is 1. The third-order valence-corrected chi connectivity index (χ3v) is 6.89. The van der Waals surface area contributed by atoms with Crippen LogP contribution in [0.3, 0.4) is 0 Å². The van der Waals surface area contributed by atoms with Crippen LogP contribution in [-0.4, -0.2) is 24.3 Å². The molecule has 3 aromatic carbocycles. The summed E-state index contributed by atoms with van der Waals surface area (Å²) in [6.07, 6.45) is 1.68. The lowest BCUT2D eigenvalue weighted by Gasteiger charge is -2.25. The summed E-state index contributed by atoms with van der Waals surface area (Å²) in [7, 11) is 0. The molecule has 188 valence electrons. The smallest absolute Gasteiger partial charge is 0.306 e. The van der Waals surface area contributed by atoms with Crippen LogP contribution >= 0.6 is 23.2 Å². The van der Waals surface area contributed by atoms with Crippen molar-refractivity contribution in [3.05, 3.63) is 87.9 Å². The molecule has 1 unspecified atom stereocenters. The normalized spacial score (nSPS) is 15.1. The monoisotopic (exact) mass is 524 g/mol. The Morgan fingerprint density at radius 1 is 1.06 bits per heavy atom. The maximum Gasteiger partial charge on any atom is 0.306 e. The third-order valence-electron chi connectivity index (χ3n) is 6.39. The summed E-state index contributed by atoms with van der Waals surface area (Å²) in [4.78, 5) is 27.9. The van der Waals surface area contributed by atoms with E-state index in [-0.39, 0.29) is 18.3 Å². The third kappa shape index (κ3) is 6.03. The van der Waals surface area contributed by atoms with Crippen molar-refractivity contribution >= 4 is 52.1 Å². The summed E-state index contributed by atoms with van der Waals surface area (Å²) in [6, 6.07) is 19.3. The summed E-state index contributed by atoms with van der Waals surface area (Å²) in [5.41, 5.74) is 6.08. The predicted octanol–water partition coefficient (Wildman–Crippen LogP) is 7.74. The van der Waals surface area contributed by atoms with Gasteiger partial charge in [0.1, 0.15) is 6.10 Å². The molecule has 0 aliphatic carbocycles. The van der Waals surface area contributed by atoms with E-state index in [0.717, 1.165) is 33.8 Å². The van der Waals surface area contributed by atoms with Crippen molar-refractivity contribution in [1.82, 2.24) is 0 Å². The van der Waals surface area contributed by atoms with Gasteiger partial charge in [-0.1, -0.05) is 29.8 Å². The highest BCUT2D eigenvalue weighted by Crippen LogP contribution is 2.38. The standard InChI is InChI=1S/C29H30Cl2N2O3/c1-19-7-3-4-8-25(19)32-22-12-13-23(20(2)17-22)29(35)33-16-6-9-27(36-28(34)10-5-15-30)24-18-21(31)11-14-26(24)33/h3-4,7-8,11-14,17-18,27,32H,5-6,9-10,15-16H2,1-2H3. The van der Waals surface area contributed by atoms with Gasteiger partial charge in [0.25, 0.3) is 5.91 Å². The number of benzene rings is 3. The van der Waals surface area contributed by atoms with Crippen LogP contribution in [0.2, 0.25) is 5.02 Å². The average molecular weight is 525 g/mol. The number of carbonyl (C=O) groups is 2. The highest BCUT2D eigenvalue weighted by molar-refractivity contribution is 6.30. The van der Waals surface area contributed by atoms with E-state index in [4.69, 9.17) is 27.9 Å². The minimum atomic E-state index is -0.457.